The summed E-state index contributed by atoms with van der Waals surface area (Å²) in [5.41, 5.74) is 2.35. The molecule has 21 heavy (non-hydrogen) atoms. The van der Waals surface area contributed by atoms with Crippen molar-refractivity contribution in [2.45, 2.75) is 12.5 Å². The van der Waals surface area contributed by atoms with Crippen molar-refractivity contribution < 1.29 is 14.6 Å². The smallest absolute Gasteiger partial charge is 0.336 e. The van der Waals surface area contributed by atoms with Crippen LogP contribution in [0.15, 0.2) is 46.9 Å². The summed E-state index contributed by atoms with van der Waals surface area (Å²) in [5.74, 6) is 0.00899. The van der Waals surface area contributed by atoms with E-state index >= 15 is 0 Å². The summed E-state index contributed by atoms with van der Waals surface area (Å²) in [6.07, 6.45) is 0.984. The Hall–Kier alpha value is -2.01. The van der Waals surface area contributed by atoms with Crippen LogP contribution in [0.3, 0.4) is 0 Å². The van der Waals surface area contributed by atoms with E-state index in [-0.39, 0.29) is 11.7 Å². The number of hydrogen-bond donors (Lipinski definition) is 2. The van der Waals surface area contributed by atoms with Crippen molar-refractivity contribution >= 4 is 27.6 Å². The van der Waals surface area contributed by atoms with E-state index in [1.165, 1.54) is 5.56 Å². The summed E-state index contributed by atoms with van der Waals surface area (Å²) in [7, 11) is 0. The molecule has 5 heteroatoms. The number of hydrogen-bond acceptors (Lipinski definition) is 3. The lowest BCUT2D eigenvalue weighted by atomic mass is 10.1. The summed E-state index contributed by atoms with van der Waals surface area (Å²) in [5, 5.41) is 12.3. The molecule has 1 aliphatic rings. The molecule has 3 rings (SSSR count). The zero-order valence-corrected chi connectivity index (χ0v) is 12.8. The lowest BCUT2D eigenvalue weighted by Gasteiger charge is -2.13. The number of nitrogens with one attached hydrogen (secondary N) is 1. The molecule has 0 amide bonds. The van der Waals surface area contributed by atoms with Gasteiger partial charge in [0.05, 0.1) is 12.1 Å². The topological polar surface area (TPSA) is 58.6 Å². The molecule has 1 aliphatic heterocycles. The maximum atomic E-state index is 11.0. The van der Waals surface area contributed by atoms with E-state index < -0.39 is 5.97 Å². The van der Waals surface area contributed by atoms with Crippen LogP contribution in [-0.4, -0.2) is 23.7 Å². The standard InChI is InChI=1S/C16H14BrNO3/c17-14-8-11(5-6-13(14)16(19)20)18-9-12-7-10-3-1-2-4-15(10)21-12/h1-6,8,12,18H,7,9H2,(H,19,20). The van der Waals surface area contributed by atoms with Crippen molar-refractivity contribution in [2.24, 2.45) is 0 Å². The summed E-state index contributed by atoms with van der Waals surface area (Å²) >= 11 is 3.27. The number of aromatic carboxylic acids is 1. The van der Waals surface area contributed by atoms with Gasteiger partial charge in [-0.1, -0.05) is 18.2 Å². The zero-order valence-electron chi connectivity index (χ0n) is 11.2. The lowest BCUT2D eigenvalue weighted by molar-refractivity contribution is 0.0696. The molecule has 0 spiro atoms. The van der Waals surface area contributed by atoms with Gasteiger partial charge in [0.1, 0.15) is 11.9 Å². The molecule has 0 saturated carbocycles. The predicted molar refractivity (Wildman–Crippen MR) is 84.2 cm³/mol. The average molecular weight is 348 g/mol. The summed E-state index contributed by atoms with van der Waals surface area (Å²) in [4.78, 5) is 11.0. The second-order valence-electron chi connectivity index (χ2n) is 4.93. The second-order valence-corrected chi connectivity index (χ2v) is 5.79. The van der Waals surface area contributed by atoms with Crippen LogP contribution in [0.2, 0.25) is 0 Å². The number of benzene rings is 2. The van der Waals surface area contributed by atoms with Gasteiger partial charge in [-0.3, -0.25) is 0 Å². The van der Waals surface area contributed by atoms with Gasteiger partial charge < -0.3 is 15.2 Å². The first kappa shape index (κ1) is 13.9. The monoisotopic (exact) mass is 347 g/mol. The highest BCUT2D eigenvalue weighted by molar-refractivity contribution is 9.10. The van der Waals surface area contributed by atoms with Crippen molar-refractivity contribution in [1.29, 1.82) is 0 Å². The third-order valence-corrected chi connectivity index (χ3v) is 4.10. The zero-order chi connectivity index (χ0) is 14.8. The average Bonchev–Trinajstić information content (AvgIpc) is 2.87. The Bertz CT molecular complexity index is 662. The molecule has 1 heterocycles. The van der Waals surface area contributed by atoms with E-state index in [1.807, 2.05) is 18.2 Å². The fourth-order valence-electron chi connectivity index (χ4n) is 2.40. The molecule has 1 atom stereocenters. The molecule has 4 nitrogen and oxygen atoms in total. The number of para-hydroxylation sites is 1. The summed E-state index contributed by atoms with van der Waals surface area (Å²) in [6.45, 7) is 0.674. The number of anilines is 1. The molecule has 108 valence electrons. The van der Waals surface area contributed by atoms with E-state index in [2.05, 4.69) is 27.3 Å². The Kier molecular flexibility index (Phi) is 3.84. The number of fused-ring (bicyclic) bond motifs is 1. The number of ether oxygens (including phenoxy) is 1. The first-order valence-corrected chi connectivity index (χ1v) is 7.44. The molecule has 0 saturated heterocycles. The molecular formula is C16H14BrNO3. The van der Waals surface area contributed by atoms with Crippen LogP contribution in [-0.2, 0) is 6.42 Å². The first-order chi connectivity index (χ1) is 10.1. The highest BCUT2D eigenvalue weighted by Crippen LogP contribution is 2.28. The van der Waals surface area contributed by atoms with Crippen molar-refractivity contribution in [1.82, 2.24) is 0 Å². The van der Waals surface area contributed by atoms with E-state index in [9.17, 15) is 4.79 Å². The molecule has 1 unspecified atom stereocenters. The fraction of sp³-hybridized carbons (Fsp3) is 0.188. The van der Waals surface area contributed by atoms with Gasteiger partial charge in [0.15, 0.2) is 0 Å². The number of carbonyl (C=O) groups is 1. The van der Waals surface area contributed by atoms with Crippen LogP contribution >= 0.6 is 15.9 Å². The van der Waals surface area contributed by atoms with Crippen molar-refractivity contribution in [3.8, 4) is 5.75 Å². The van der Waals surface area contributed by atoms with Crippen LogP contribution in [0.4, 0.5) is 5.69 Å². The van der Waals surface area contributed by atoms with Crippen LogP contribution in [0.5, 0.6) is 5.75 Å². The molecule has 0 aliphatic carbocycles. The van der Waals surface area contributed by atoms with Gasteiger partial charge >= 0.3 is 5.97 Å². The van der Waals surface area contributed by atoms with Gasteiger partial charge in [0, 0.05) is 16.6 Å². The summed E-state index contributed by atoms with van der Waals surface area (Å²) in [6, 6.07) is 13.2. The SMILES string of the molecule is O=C(O)c1ccc(NCC2Cc3ccccc3O2)cc1Br. The van der Waals surface area contributed by atoms with Crippen LogP contribution < -0.4 is 10.1 Å². The minimum Gasteiger partial charge on any atom is -0.488 e. The minimum absolute atomic E-state index is 0.0975. The molecule has 0 radical (unpaired) electrons. The molecule has 0 fully saturated rings. The van der Waals surface area contributed by atoms with Crippen molar-refractivity contribution in [3.63, 3.8) is 0 Å². The van der Waals surface area contributed by atoms with E-state index in [0.29, 0.717) is 11.0 Å². The van der Waals surface area contributed by atoms with Gasteiger partial charge in [0.2, 0.25) is 0 Å². The number of rotatable bonds is 4. The Morgan fingerprint density at radius 3 is 2.86 bits per heavy atom. The van der Waals surface area contributed by atoms with Gasteiger partial charge in [-0.2, -0.15) is 0 Å². The van der Waals surface area contributed by atoms with Crippen molar-refractivity contribution in [2.75, 3.05) is 11.9 Å². The van der Waals surface area contributed by atoms with Gasteiger partial charge in [0.25, 0.3) is 0 Å². The first-order valence-electron chi connectivity index (χ1n) is 6.65. The second kappa shape index (κ2) is 5.77. The number of carboxylic acids is 1. The van der Waals surface area contributed by atoms with E-state index in [0.717, 1.165) is 17.9 Å². The number of carboxylic acid groups (broad SMARTS) is 1. The minimum atomic E-state index is -0.942. The molecule has 0 aromatic heterocycles. The van der Waals surface area contributed by atoms with Gasteiger partial charge in [-0.15, -0.1) is 0 Å². The largest absolute Gasteiger partial charge is 0.488 e. The number of halogens is 1. The Balaban J connectivity index is 1.62. The predicted octanol–water partition coefficient (Wildman–Crippen LogP) is 3.56. The Labute approximate surface area is 130 Å². The third-order valence-electron chi connectivity index (χ3n) is 3.45. The highest BCUT2D eigenvalue weighted by Gasteiger charge is 2.21. The highest BCUT2D eigenvalue weighted by atomic mass is 79.9. The molecule has 2 aromatic rings. The van der Waals surface area contributed by atoms with Crippen LogP contribution in [0, 0.1) is 0 Å². The normalized spacial score (nSPS) is 16.1. The molecule has 2 aromatic carbocycles. The molecular weight excluding hydrogens is 334 g/mol. The Morgan fingerprint density at radius 1 is 1.33 bits per heavy atom. The van der Waals surface area contributed by atoms with Crippen LogP contribution in [0.25, 0.3) is 0 Å². The van der Waals surface area contributed by atoms with Crippen LogP contribution in [0.1, 0.15) is 15.9 Å². The maximum Gasteiger partial charge on any atom is 0.336 e. The quantitative estimate of drug-likeness (QED) is 0.887. The van der Waals surface area contributed by atoms with E-state index in [1.54, 1.807) is 18.2 Å². The lowest BCUT2D eigenvalue weighted by Crippen LogP contribution is -2.24. The molecule has 0 bridgehead atoms. The molecule has 2 N–H and O–H groups in total. The maximum absolute atomic E-state index is 11.0. The van der Waals surface area contributed by atoms with Gasteiger partial charge in [-0.05, 0) is 45.8 Å². The Morgan fingerprint density at radius 2 is 2.14 bits per heavy atom. The van der Waals surface area contributed by atoms with Crippen molar-refractivity contribution in [3.05, 3.63) is 58.1 Å². The fourth-order valence-corrected chi connectivity index (χ4v) is 2.95. The van der Waals surface area contributed by atoms with Gasteiger partial charge in [-0.25, -0.2) is 4.79 Å². The third kappa shape index (κ3) is 3.03. The summed E-state index contributed by atoms with van der Waals surface area (Å²) < 4.78 is 6.42. The van der Waals surface area contributed by atoms with E-state index in [4.69, 9.17) is 9.84 Å².